The van der Waals surface area contributed by atoms with Gasteiger partial charge in [-0.15, -0.1) is 10.2 Å². The lowest BCUT2D eigenvalue weighted by Gasteiger charge is -2.34. The summed E-state index contributed by atoms with van der Waals surface area (Å²) in [5.74, 6) is 1.19. The molecule has 5 rings (SSSR count). The van der Waals surface area contributed by atoms with Gasteiger partial charge in [0.2, 0.25) is 0 Å². The minimum atomic E-state index is -0.311. The molecule has 0 aliphatic carbocycles. The van der Waals surface area contributed by atoms with Crippen LogP contribution in [0.5, 0.6) is 5.75 Å². The molecule has 0 unspecified atom stereocenters. The molecule has 0 radical (unpaired) electrons. The van der Waals surface area contributed by atoms with Gasteiger partial charge in [-0.3, -0.25) is 9.89 Å². The molecule has 2 aromatic heterocycles. The van der Waals surface area contributed by atoms with E-state index in [0.717, 1.165) is 28.4 Å². The lowest BCUT2D eigenvalue weighted by molar-refractivity contribution is 0.0740. The van der Waals surface area contributed by atoms with Crippen molar-refractivity contribution in [3.05, 3.63) is 78.2 Å². The Morgan fingerprint density at radius 2 is 1.60 bits per heavy atom. The van der Waals surface area contributed by atoms with Crippen LogP contribution in [0.3, 0.4) is 0 Å². The second-order valence-corrected chi connectivity index (χ2v) is 8.19. The van der Waals surface area contributed by atoms with Gasteiger partial charge in [-0.2, -0.15) is 5.10 Å². The van der Waals surface area contributed by atoms with Crippen molar-refractivity contribution >= 4 is 11.7 Å². The molecular weight excluding hydrogens is 447 g/mol. The minimum Gasteiger partial charge on any atom is -0.494 e. The highest BCUT2D eigenvalue weighted by atomic mass is 19.1. The zero-order chi connectivity index (χ0) is 24.2. The van der Waals surface area contributed by atoms with Crippen molar-refractivity contribution in [1.82, 2.24) is 25.3 Å². The Labute approximate surface area is 202 Å². The van der Waals surface area contributed by atoms with Crippen LogP contribution in [-0.2, 0) is 0 Å². The van der Waals surface area contributed by atoms with Crippen LogP contribution in [0, 0.1) is 5.82 Å². The highest BCUT2D eigenvalue weighted by molar-refractivity contribution is 5.93. The first-order valence-corrected chi connectivity index (χ1v) is 11.5. The molecule has 178 valence electrons. The fourth-order valence-electron chi connectivity index (χ4n) is 4.05. The maximum atomic E-state index is 13.2. The smallest absolute Gasteiger partial charge is 0.272 e. The molecule has 1 N–H and O–H groups in total. The minimum absolute atomic E-state index is 0.109. The summed E-state index contributed by atoms with van der Waals surface area (Å²) >= 11 is 0. The zero-order valence-electron chi connectivity index (χ0n) is 19.3. The number of anilines is 1. The van der Waals surface area contributed by atoms with Gasteiger partial charge in [-0.05, 0) is 73.7 Å². The average Bonchev–Trinajstić information content (AvgIpc) is 3.40. The topological polar surface area (TPSA) is 87.2 Å². The first-order chi connectivity index (χ1) is 17.1. The number of benzene rings is 2. The van der Waals surface area contributed by atoms with Gasteiger partial charge >= 0.3 is 0 Å². The number of halogens is 1. The van der Waals surface area contributed by atoms with E-state index in [2.05, 4.69) is 25.3 Å². The molecule has 0 saturated carbocycles. The third-order valence-electron chi connectivity index (χ3n) is 5.95. The molecule has 0 atom stereocenters. The predicted molar refractivity (Wildman–Crippen MR) is 131 cm³/mol. The number of nitrogens with one attached hydrogen (secondary N) is 1. The Bertz CT molecular complexity index is 1280. The molecule has 3 heterocycles. The van der Waals surface area contributed by atoms with Crippen LogP contribution < -0.4 is 9.64 Å². The summed E-state index contributed by atoms with van der Waals surface area (Å²) in [5, 5.41) is 15.8. The van der Waals surface area contributed by atoms with Crippen molar-refractivity contribution in [3.8, 4) is 28.3 Å². The number of amides is 1. The second-order valence-electron chi connectivity index (χ2n) is 8.19. The Balaban J connectivity index is 1.19. The number of ether oxygens (including phenoxy) is 1. The third kappa shape index (κ3) is 4.98. The highest BCUT2D eigenvalue weighted by Crippen LogP contribution is 2.23. The fraction of sp³-hybridized carbons (Fsp3) is 0.231. The summed E-state index contributed by atoms with van der Waals surface area (Å²) in [6, 6.07) is 19.4. The van der Waals surface area contributed by atoms with Crippen LogP contribution in [0.15, 0.2) is 66.7 Å². The Morgan fingerprint density at radius 1 is 0.914 bits per heavy atom. The summed E-state index contributed by atoms with van der Waals surface area (Å²) < 4.78 is 18.6. The SMILES string of the molecule is CCOc1ccc(-c2ccc(N3CCN(C(=O)c4cc(-c5ccc(F)cc5)n[nH]4)CC3)nn2)cc1. The quantitative estimate of drug-likeness (QED) is 0.456. The molecule has 1 saturated heterocycles. The monoisotopic (exact) mass is 472 g/mol. The van der Waals surface area contributed by atoms with E-state index in [-0.39, 0.29) is 11.7 Å². The number of hydrogen-bond acceptors (Lipinski definition) is 6. The summed E-state index contributed by atoms with van der Waals surface area (Å²) in [6.45, 7) is 5.02. The first kappa shape index (κ1) is 22.5. The largest absolute Gasteiger partial charge is 0.494 e. The van der Waals surface area contributed by atoms with Crippen molar-refractivity contribution in [2.45, 2.75) is 6.92 Å². The number of piperazine rings is 1. The average molecular weight is 473 g/mol. The van der Waals surface area contributed by atoms with Crippen molar-refractivity contribution < 1.29 is 13.9 Å². The maximum Gasteiger partial charge on any atom is 0.272 e. The summed E-state index contributed by atoms with van der Waals surface area (Å²) in [5.41, 5.74) is 3.54. The lowest BCUT2D eigenvalue weighted by Crippen LogP contribution is -2.49. The summed E-state index contributed by atoms with van der Waals surface area (Å²) in [6.07, 6.45) is 0. The zero-order valence-corrected chi connectivity index (χ0v) is 19.3. The van der Waals surface area contributed by atoms with Crippen LogP contribution >= 0.6 is 0 Å². The molecule has 8 nitrogen and oxygen atoms in total. The van der Waals surface area contributed by atoms with E-state index >= 15 is 0 Å². The Kier molecular flexibility index (Phi) is 6.38. The van der Waals surface area contributed by atoms with Crippen LogP contribution in [0.2, 0.25) is 0 Å². The van der Waals surface area contributed by atoms with E-state index in [1.54, 1.807) is 23.1 Å². The standard InChI is InChI=1S/C26H25FN6O2/c1-2-35-21-9-5-18(6-10-21)22-11-12-25(31-28-22)32-13-15-33(16-14-32)26(34)24-17-23(29-30-24)19-3-7-20(27)8-4-19/h3-12,17H,2,13-16H2,1H3,(H,29,30). The number of rotatable bonds is 6. The lowest BCUT2D eigenvalue weighted by atomic mass is 10.1. The van der Waals surface area contributed by atoms with Gasteiger partial charge in [0.1, 0.15) is 17.3 Å². The fourth-order valence-corrected chi connectivity index (χ4v) is 4.05. The number of carbonyl (C=O) groups excluding carboxylic acids is 1. The molecule has 2 aromatic carbocycles. The second kappa shape index (κ2) is 9.92. The van der Waals surface area contributed by atoms with Gasteiger partial charge in [0.15, 0.2) is 5.82 Å². The van der Waals surface area contributed by atoms with Gasteiger partial charge in [0.05, 0.1) is 18.0 Å². The van der Waals surface area contributed by atoms with Crippen LogP contribution in [0.4, 0.5) is 10.2 Å². The van der Waals surface area contributed by atoms with E-state index in [9.17, 15) is 9.18 Å². The number of H-pyrrole nitrogens is 1. The van der Waals surface area contributed by atoms with E-state index in [1.807, 2.05) is 43.3 Å². The van der Waals surface area contributed by atoms with Crippen molar-refractivity contribution in [2.24, 2.45) is 0 Å². The van der Waals surface area contributed by atoms with Crippen molar-refractivity contribution in [1.29, 1.82) is 0 Å². The normalized spacial score (nSPS) is 13.7. The van der Waals surface area contributed by atoms with Gasteiger partial charge in [0, 0.05) is 37.3 Å². The molecule has 1 fully saturated rings. The van der Waals surface area contributed by atoms with E-state index in [1.165, 1.54) is 12.1 Å². The Morgan fingerprint density at radius 3 is 2.26 bits per heavy atom. The number of carbonyl (C=O) groups is 1. The van der Waals surface area contributed by atoms with E-state index in [0.29, 0.717) is 44.2 Å². The van der Waals surface area contributed by atoms with Gasteiger partial charge in [-0.25, -0.2) is 4.39 Å². The van der Waals surface area contributed by atoms with E-state index < -0.39 is 0 Å². The number of nitrogens with zero attached hydrogens (tertiary/aromatic N) is 5. The first-order valence-electron chi connectivity index (χ1n) is 11.5. The molecule has 4 aromatic rings. The van der Waals surface area contributed by atoms with Crippen LogP contribution in [0.25, 0.3) is 22.5 Å². The van der Waals surface area contributed by atoms with E-state index in [4.69, 9.17) is 4.74 Å². The number of hydrogen-bond donors (Lipinski definition) is 1. The van der Waals surface area contributed by atoms with Gasteiger partial charge in [-0.1, -0.05) is 0 Å². The van der Waals surface area contributed by atoms with Gasteiger partial charge in [0.25, 0.3) is 5.91 Å². The molecular formula is C26H25FN6O2. The van der Waals surface area contributed by atoms with Crippen LogP contribution in [0.1, 0.15) is 17.4 Å². The molecule has 0 bridgehead atoms. The Hall–Kier alpha value is -4.27. The van der Waals surface area contributed by atoms with Crippen molar-refractivity contribution in [3.63, 3.8) is 0 Å². The molecule has 1 aliphatic rings. The molecule has 9 heteroatoms. The van der Waals surface area contributed by atoms with Crippen molar-refractivity contribution in [2.75, 3.05) is 37.7 Å². The molecule has 1 aliphatic heterocycles. The predicted octanol–water partition coefficient (Wildman–Crippen LogP) is 4.03. The number of aromatic nitrogens is 4. The van der Waals surface area contributed by atoms with Crippen LogP contribution in [-0.4, -0.2) is 64.0 Å². The molecule has 1 amide bonds. The number of aromatic amines is 1. The molecule has 0 spiro atoms. The third-order valence-corrected chi connectivity index (χ3v) is 5.95. The molecule has 35 heavy (non-hydrogen) atoms. The highest BCUT2D eigenvalue weighted by Gasteiger charge is 2.24. The summed E-state index contributed by atoms with van der Waals surface area (Å²) in [4.78, 5) is 16.9. The maximum absolute atomic E-state index is 13.2. The summed E-state index contributed by atoms with van der Waals surface area (Å²) in [7, 11) is 0. The van der Waals surface area contributed by atoms with Gasteiger partial charge < -0.3 is 14.5 Å².